The van der Waals surface area contributed by atoms with E-state index < -0.39 is 0 Å². The zero-order valence-electron chi connectivity index (χ0n) is 8.30. The summed E-state index contributed by atoms with van der Waals surface area (Å²) in [5.74, 6) is 0.208. The van der Waals surface area contributed by atoms with Gasteiger partial charge in [0.15, 0.2) is 0 Å². The third-order valence-corrected chi connectivity index (χ3v) is 3.56. The van der Waals surface area contributed by atoms with Crippen LogP contribution < -0.4 is 4.90 Å². The molecule has 0 aliphatic carbocycles. The molecule has 0 aromatic heterocycles. The van der Waals surface area contributed by atoms with Gasteiger partial charge in [-0.25, -0.2) is 0 Å². The van der Waals surface area contributed by atoms with Gasteiger partial charge in [0.25, 0.3) is 0 Å². The van der Waals surface area contributed by atoms with Crippen molar-refractivity contribution in [2.45, 2.75) is 19.8 Å². The maximum absolute atomic E-state index is 11.5. The minimum Gasteiger partial charge on any atom is -0.315 e. The summed E-state index contributed by atoms with van der Waals surface area (Å²) < 4.78 is 1.12. The van der Waals surface area contributed by atoms with Crippen molar-refractivity contribution in [3.8, 4) is 0 Å². The van der Waals surface area contributed by atoms with E-state index in [1.54, 1.807) is 4.90 Å². The smallest absolute Gasteiger partial charge is 0.227 e. The van der Waals surface area contributed by atoms with E-state index in [9.17, 15) is 4.79 Å². The molecule has 0 saturated carbocycles. The van der Waals surface area contributed by atoms with Crippen molar-refractivity contribution < 1.29 is 4.79 Å². The van der Waals surface area contributed by atoms with Crippen LogP contribution in [-0.2, 0) is 11.2 Å². The maximum atomic E-state index is 11.5. The number of aryl methyl sites for hydroxylation is 2. The molecule has 1 aliphatic rings. The molecule has 0 unspecified atom stereocenters. The molecule has 0 spiro atoms. The number of fused-ring (bicyclic) bond motifs is 1. The molecule has 1 aromatic carbocycles. The number of amides is 1. The van der Waals surface area contributed by atoms with Crippen molar-refractivity contribution in [1.82, 2.24) is 0 Å². The highest BCUT2D eigenvalue weighted by atomic mass is 79.9. The Hall–Kier alpha value is -0.830. The average Bonchev–Trinajstić information content (AvgIpc) is 2.15. The number of rotatable bonds is 0. The van der Waals surface area contributed by atoms with Crippen LogP contribution in [0.2, 0.25) is 0 Å². The number of halogens is 1. The second-order valence-corrected chi connectivity index (χ2v) is 4.54. The van der Waals surface area contributed by atoms with E-state index in [2.05, 4.69) is 28.1 Å². The van der Waals surface area contributed by atoms with Crippen LogP contribution in [0.4, 0.5) is 5.69 Å². The van der Waals surface area contributed by atoms with E-state index >= 15 is 0 Å². The van der Waals surface area contributed by atoms with Gasteiger partial charge in [-0.15, -0.1) is 0 Å². The largest absolute Gasteiger partial charge is 0.315 e. The number of carbonyl (C=O) groups is 1. The highest BCUT2D eigenvalue weighted by Crippen LogP contribution is 2.31. The topological polar surface area (TPSA) is 20.3 Å². The third kappa shape index (κ3) is 1.46. The lowest BCUT2D eigenvalue weighted by Gasteiger charge is -2.26. The van der Waals surface area contributed by atoms with Crippen molar-refractivity contribution >= 4 is 27.5 Å². The van der Waals surface area contributed by atoms with E-state index in [1.165, 1.54) is 11.1 Å². The number of benzene rings is 1. The number of nitrogens with zero attached hydrogens (tertiary/aromatic N) is 1. The van der Waals surface area contributed by atoms with E-state index in [1.807, 2.05) is 14.0 Å². The summed E-state index contributed by atoms with van der Waals surface area (Å²) >= 11 is 3.51. The Morgan fingerprint density at radius 1 is 1.36 bits per heavy atom. The van der Waals surface area contributed by atoms with Crippen LogP contribution in [-0.4, -0.2) is 13.0 Å². The molecule has 0 atom stereocenters. The first-order valence-electron chi connectivity index (χ1n) is 4.65. The fourth-order valence-corrected chi connectivity index (χ4v) is 2.15. The van der Waals surface area contributed by atoms with Crippen LogP contribution >= 0.6 is 15.9 Å². The second-order valence-electron chi connectivity index (χ2n) is 3.68. The predicted molar refractivity (Wildman–Crippen MR) is 60.6 cm³/mol. The Balaban J connectivity index is 2.55. The number of hydrogen-bond acceptors (Lipinski definition) is 1. The Morgan fingerprint density at radius 3 is 2.79 bits per heavy atom. The van der Waals surface area contributed by atoms with Gasteiger partial charge in [-0.2, -0.15) is 0 Å². The summed E-state index contributed by atoms with van der Waals surface area (Å²) in [6, 6.07) is 4.18. The zero-order chi connectivity index (χ0) is 10.3. The molecular weight excluding hydrogens is 242 g/mol. The van der Waals surface area contributed by atoms with Gasteiger partial charge in [0, 0.05) is 23.6 Å². The summed E-state index contributed by atoms with van der Waals surface area (Å²) in [7, 11) is 1.84. The van der Waals surface area contributed by atoms with Crippen molar-refractivity contribution in [2.24, 2.45) is 0 Å². The second kappa shape index (κ2) is 3.39. The molecule has 1 aromatic rings. The monoisotopic (exact) mass is 253 g/mol. The molecule has 1 aliphatic heterocycles. The van der Waals surface area contributed by atoms with Crippen molar-refractivity contribution in [1.29, 1.82) is 0 Å². The fourth-order valence-electron chi connectivity index (χ4n) is 1.76. The lowest BCUT2D eigenvalue weighted by atomic mass is 10.00. The molecule has 2 rings (SSSR count). The minimum atomic E-state index is 0.208. The molecule has 0 fully saturated rings. The lowest BCUT2D eigenvalue weighted by Crippen LogP contribution is -2.31. The normalized spacial score (nSPS) is 15.6. The molecule has 74 valence electrons. The van der Waals surface area contributed by atoms with Crippen molar-refractivity contribution in [3.63, 3.8) is 0 Å². The molecule has 3 heteroatoms. The third-order valence-electron chi connectivity index (χ3n) is 2.70. The highest BCUT2D eigenvalue weighted by Gasteiger charge is 2.21. The van der Waals surface area contributed by atoms with Gasteiger partial charge in [0.1, 0.15) is 0 Å². The van der Waals surface area contributed by atoms with Crippen LogP contribution in [0.5, 0.6) is 0 Å². The summed E-state index contributed by atoms with van der Waals surface area (Å²) in [5, 5.41) is 0. The quantitative estimate of drug-likeness (QED) is 0.697. The molecule has 0 N–H and O–H groups in total. The van der Waals surface area contributed by atoms with Gasteiger partial charge < -0.3 is 4.90 Å². The lowest BCUT2D eigenvalue weighted by molar-refractivity contribution is -0.118. The predicted octanol–water partition coefficient (Wildman–Crippen LogP) is 2.67. The summed E-state index contributed by atoms with van der Waals surface area (Å²) in [6.07, 6.45) is 1.48. The van der Waals surface area contributed by atoms with Crippen LogP contribution in [0, 0.1) is 6.92 Å². The number of carbonyl (C=O) groups excluding carboxylic acids is 1. The van der Waals surface area contributed by atoms with E-state index in [0.29, 0.717) is 6.42 Å². The van der Waals surface area contributed by atoms with Gasteiger partial charge in [0.05, 0.1) is 0 Å². The minimum absolute atomic E-state index is 0.208. The first-order chi connectivity index (χ1) is 6.59. The van der Waals surface area contributed by atoms with Gasteiger partial charge in [-0.3, -0.25) is 4.79 Å². The van der Waals surface area contributed by atoms with Crippen LogP contribution in [0.3, 0.4) is 0 Å². The Bertz CT molecular complexity index is 401. The zero-order valence-corrected chi connectivity index (χ0v) is 9.89. The average molecular weight is 254 g/mol. The Morgan fingerprint density at radius 2 is 2.07 bits per heavy atom. The number of anilines is 1. The van der Waals surface area contributed by atoms with E-state index in [-0.39, 0.29) is 5.91 Å². The SMILES string of the molecule is Cc1cc2c(cc1Br)CCC(=O)N2C. The van der Waals surface area contributed by atoms with Gasteiger partial charge in [-0.1, -0.05) is 15.9 Å². The molecule has 1 heterocycles. The molecule has 14 heavy (non-hydrogen) atoms. The molecule has 2 nitrogen and oxygen atoms in total. The maximum Gasteiger partial charge on any atom is 0.227 e. The van der Waals surface area contributed by atoms with Gasteiger partial charge >= 0.3 is 0 Å². The highest BCUT2D eigenvalue weighted by molar-refractivity contribution is 9.10. The standard InChI is InChI=1S/C11H12BrNO/c1-7-5-10-8(6-9(7)12)3-4-11(14)13(10)2/h5-6H,3-4H2,1-2H3. The summed E-state index contributed by atoms with van der Waals surface area (Å²) in [4.78, 5) is 13.2. The fraction of sp³-hybridized carbons (Fsp3) is 0.364. The van der Waals surface area contributed by atoms with Crippen LogP contribution in [0.1, 0.15) is 17.5 Å². The van der Waals surface area contributed by atoms with Crippen LogP contribution in [0.25, 0.3) is 0 Å². The molecule has 0 bridgehead atoms. The molecule has 1 amide bonds. The van der Waals surface area contributed by atoms with Crippen LogP contribution in [0.15, 0.2) is 16.6 Å². The van der Waals surface area contributed by atoms with E-state index in [0.717, 1.165) is 16.6 Å². The Labute approximate surface area is 92.0 Å². The van der Waals surface area contributed by atoms with Gasteiger partial charge in [0.2, 0.25) is 5.91 Å². The summed E-state index contributed by atoms with van der Waals surface area (Å²) in [6.45, 7) is 2.04. The Kier molecular flexibility index (Phi) is 2.35. The van der Waals surface area contributed by atoms with Crippen molar-refractivity contribution in [3.05, 3.63) is 27.7 Å². The first kappa shape index (κ1) is 9.71. The van der Waals surface area contributed by atoms with Gasteiger partial charge in [-0.05, 0) is 36.6 Å². The first-order valence-corrected chi connectivity index (χ1v) is 5.44. The summed E-state index contributed by atoms with van der Waals surface area (Å²) in [5.41, 5.74) is 3.48. The molecule has 0 saturated heterocycles. The van der Waals surface area contributed by atoms with Crippen molar-refractivity contribution in [2.75, 3.05) is 11.9 Å². The molecular formula is C11H12BrNO. The molecule has 0 radical (unpaired) electrons. The van der Waals surface area contributed by atoms with E-state index in [4.69, 9.17) is 0 Å². The number of hydrogen-bond donors (Lipinski definition) is 0.